The number of benzene rings is 1. The number of morpholine rings is 1. The summed E-state index contributed by atoms with van der Waals surface area (Å²) in [6.45, 7) is 6.29. The van der Waals surface area contributed by atoms with Crippen LogP contribution in [0.5, 0.6) is 0 Å². The fourth-order valence-electron chi connectivity index (χ4n) is 3.06. The number of likely N-dealkylation sites (tertiary alicyclic amines) is 1. The first kappa shape index (κ1) is 14.4. The Bertz CT molecular complexity index is 463. The molecule has 114 valence electrons. The minimum Gasteiger partial charge on any atom is -0.378 e. The van der Waals surface area contributed by atoms with Crippen molar-refractivity contribution < 1.29 is 14.4 Å². The van der Waals surface area contributed by atoms with Gasteiger partial charge < -0.3 is 19.9 Å². The molecule has 1 aromatic rings. The van der Waals surface area contributed by atoms with Gasteiger partial charge in [-0.2, -0.15) is 0 Å². The van der Waals surface area contributed by atoms with Gasteiger partial charge in [0.05, 0.1) is 26.3 Å². The molecule has 2 fully saturated rings. The van der Waals surface area contributed by atoms with E-state index in [0.29, 0.717) is 6.54 Å². The minimum atomic E-state index is 0.117. The molecule has 0 spiro atoms. The van der Waals surface area contributed by atoms with Crippen molar-refractivity contribution in [1.29, 1.82) is 0 Å². The second kappa shape index (κ2) is 6.91. The molecule has 3 rings (SSSR count). The van der Waals surface area contributed by atoms with Crippen LogP contribution in [0.25, 0.3) is 0 Å². The third-order valence-corrected chi connectivity index (χ3v) is 4.25. The monoisotopic (exact) mass is 290 g/mol. The van der Waals surface area contributed by atoms with Crippen LogP contribution in [0.2, 0.25) is 0 Å². The summed E-state index contributed by atoms with van der Waals surface area (Å²) >= 11 is 0. The predicted molar refractivity (Wildman–Crippen MR) is 82.9 cm³/mol. The van der Waals surface area contributed by atoms with Crippen LogP contribution in [0.4, 0.5) is 11.4 Å². The first-order chi connectivity index (χ1) is 10.3. The number of carbonyl (C=O) groups is 1. The van der Waals surface area contributed by atoms with Crippen molar-refractivity contribution in [2.75, 3.05) is 56.2 Å². The molecule has 0 aliphatic carbocycles. The molecule has 21 heavy (non-hydrogen) atoms. The van der Waals surface area contributed by atoms with Crippen molar-refractivity contribution in [2.24, 2.45) is 0 Å². The van der Waals surface area contributed by atoms with Crippen molar-refractivity contribution >= 4 is 17.3 Å². The third kappa shape index (κ3) is 3.95. The second-order valence-corrected chi connectivity index (χ2v) is 5.83. The number of rotatable bonds is 4. The largest absolute Gasteiger partial charge is 0.378 e. The van der Waals surface area contributed by atoms with Crippen LogP contribution >= 0.6 is 0 Å². The standard InChI is InChI=1S/C16H23N3O2/c20-16(13-18-7-1-2-8-18)17-14-3-5-15(6-4-14)19-9-11-21-12-10-19/h3-6H,1-2,7-13H2,(H,17,20)/p+1. The van der Waals surface area contributed by atoms with Gasteiger partial charge in [0.15, 0.2) is 6.54 Å². The molecule has 1 aromatic carbocycles. The fraction of sp³-hybridized carbons (Fsp3) is 0.562. The Morgan fingerprint density at radius 2 is 1.81 bits per heavy atom. The Morgan fingerprint density at radius 1 is 1.14 bits per heavy atom. The smallest absolute Gasteiger partial charge is 0.279 e. The maximum atomic E-state index is 12.0. The lowest BCUT2D eigenvalue weighted by Crippen LogP contribution is -3.11. The van der Waals surface area contributed by atoms with E-state index in [-0.39, 0.29) is 5.91 Å². The van der Waals surface area contributed by atoms with Gasteiger partial charge in [0.1, 0.15) is 0 Å². The van der Waals surface area contributed by atoms with Crippen LogP contribution in [-0.4, -0.2) is 51.8 Å². The highest BCUT2D eigenvalue weighted by molar-refractivity contribution is 5.91. The Hall–Kier alpha value is -1.59. The van der Waals surface area contributed by atoms with Gasteiger partial charge in [0, 0.05) is 37.3 Å². The van der Waals surface area contributed by atoms with Gasteiger partial charge in [-0.1, -0.05) is 0 Å². The summed E-state index contributed by atoms with van der Waals surface area (Å²) in [5, 5.41) is 3.00. The molecule has 0 bridgehead atoms. The predicted octanol–water partition coefficient (Wildman–Crippen LogP) is 0.140. The minimum absolute atomic E-state index is 0.117. The molecule has 2 aliphatic heterocycles. The summed E-state index contributed by atoms with van der Waals surface area (Å²) < 4.78 is 5.36. The fourth-order valence-corrected chi connectivity index (χ4v) is 3.06. The number of carbonyl (C=O) groups excluding carboxylic acids is 1. The third-order valence-electron chi connectivity index (χ3n) is 4.25. The molecule has 0 atom stereocenters. The van der Waals surface area contributed by atoms with Crippen molar-refractivity contribution in [3.05, 3.63) is 24.3 Å². The highest BCUT2D eigenvalue weighted by atomic mass is 16.5. The molecular weight excluding hydrogens is 266 g/mol. The van der Waals surface area contributed by atoms with Crippen LogP contribution in [0, 0.1) is 0 Å². The van der Waals surface area contributed by atoms with Crippen LogP contribution < -0.4 is 15.1 Å². The van der Waals surface area contributed by atoms with Gasteiger partial charge in [0.2, 0.25) is 0 Å². The molecule has 5 heteroatoms. The van der Waals surface area contributed by atoms with E-state index in [9.17, 15) is 4.79 Å². The molecule has 5 nitrogen and oxygen atoms in total. The zero-order chi connectivity index (χ0) is 14.5. The van der Waals surface area contributed by atoms with E-state index in [4.69, 9.17) is 4.74 Å². The molecule has 2 aliphatic rings. The van der Waals surface area contributed by atoms with Crippen molar-refractivity contribution in [3.63, 3.8) is 0 Å². The van der Waals surface area contributed by atoms with Crippen LogP contribution in [-0.2, 0) is 9.53 Å². The highest BCUT2D eigenvalue weighted by Gasteiger charge is 2.18. The Morgan fingerprint density at radius 3 is 2.48 bits per heavy atom. The zero-order valence-corrected chi connectivity index (χ0v) is 12.4. The number of amides is 1. The molecule has 1 amide bonds. The summed E-state index contributed by atoms with van der Waals surface area (Å²) in [6, 6.07) is 8.12. The SMILES string of the molecule is O=C(C[NH+]1CCCC1)Nc1ccc(N2CCOCC2)cc1. The molecular formula is C16H24N3O2+. The number of ether oxygens (including phenoxy) is 1. The summed E-state index contributed by atoms with van der Waals surface area (Å²) in [7, 11) is 0. The summed E-state index contributed by atoms with van der Waals surface area (Å²) in [6.07, 6.45) is 2.49. The lowest BCUT2D eigenvalue weighted by Gasteiger charge is -2.28. The number of nitrogens with one attached hydrogen (secondary N) is 2. The maximum absolute atomic E-state index is 12.0. The van der Waals surface area contributed by atoms with Crippen LogP contribution in [0.15, 0.2) is 24.3 Å². The van der Waals surface area contributed by atoms with Crippen molar-refractivity contribution in [1.82, 2.24) is 0 Å². The summed E-state index contributed by atoms with van der Waals surface area (Å²) in [5.41, 5.74) is 2.08. The number of hydrogen-bond donors (Lipinski definition) is 2. The lowest BCUT2D eigenvalue weighted by atomic mass is 10.2. The maximum Gasteiger partial charge on any atom is 0.279 e. The number of nitrogens with zero attached hydrogens (tertiary/aromatic N) is 1. The van der Waals surface area contributed by atoms with Gasteiger partial charge in [-0.25, -0.2) is 0 Å². The van der Waals surface area contributed by atoms with E-state index in [0.717, 1.165) is 45.1 Å². The second-order valence-electron chi connectivity index (χ2n) is 5.83. The van der Waals surface area contributed by atoms with Gasteiger partial charge in [-0.05, 0) is 24.3 Å². The first-order valence-corrected chi connectivity index (χ1v) is 7.87. The summed E-state index contributed by atoms with van der Waals surface area (Å²) in [4.78, 5) is 15.7. The number of hydrogen-bond acceptors (Lipinski definition) is 3. The van der Waals surface area contributed by atoms with E-state index < -0.39 is 0 Å². The average Bonchev–Trinajstić information content (AvgIpc) is 3.02. The topological polar surface area (TPSA) is 46.0 Å². The normalized spacial score (nSPS) is 19.7. The van der Waals surface area contributed by atoms with Gasteiger partial charge in [-0.15, -0.1) is 0 Å². The lowest BCUT2D eigenvalue weighted by molar-refractivity contribution is -0.878. The van der Waals surface area contributed by atoms with E-state index in [2.05, 4.69) is 22.3 Å². The van der Waals surface area contributed by atoms with E-state index in [1.807, 2.05) is 12.1 Å². The molecule has 2 heterocycles. The molecule has 0 radical (unpaired) electrons. The Labute approximate surface area is 125 Å². The van der Waals surface area contributed by atoms with Crippen molar-refractivity contribution in [3.8, 4) is 0 Å². The zero-order valence-electron chi connectivity index (χ0n) is 12.4. The molecule has 0 unspecified atom stereocenters. The van der Waals surface area contributed by atoms with E-state index >= 15 is 0 Å². The van der Waals surface area contributed by atoms with E-state index in [1.54, 1.807) is 0 Å². The molecule has 0 saturated carbocycles. The Kier molecular flexibility index (Phi) is 4.72. The van der Waals surface area contributed by atoms with Crippen LogP contribution in [0.3, 0.4) is 0 Å². The quantitative estimate of drug-likeness (QED) is 0.829. The number of anilines is 2. The van der Waals surface area contributed by atoms with Gasteiger partial charge in [-0.3, -0.25) is 4.79 Å². The molecule has 2 saturated heterocycles. The van der Waals surface area contributed by atoms with Crippen LogP contribution in [0.1, 0.15) is 12.8 Å². The average molecular weight is 290 g/mol. The first-order valence-electron chi connectivity index (χ1n) is 7.87. The summed E-state index contributed by atoms with van der Waals surface area (Å²) in [5.74, 6) is 0.117. The van der Waals surface area contributed by atoms with Crippen molar-refractivity contribution in [2.45, 2.75) is 12.8 Å². The van der Waals surface area contributed by atoms with E-state index in [1.165, 1.54) is 23.4 Å². The molecule has 2 N–H and O–H groups in total. The Balaban J connectivity index is 1.52. The van der Waals surface area contributed by atoms with Gasteiger partial charge >= 0.3 is 0 Å². The molecule has 0 aromatic heterocycles. The van der Waals surface area contributed by atoms with Gasteiger partial charge in [0.25, 0.3) is 5.91 Å². The highest BCUT2D eigenvalue weighted by Crippen LogP contribution is 2.18. The number of quaternary nitrogens is 1.